The van der Waals surface area contributed by atoms with Crippen LogP contribution in [0.5, 0.6) is 12.2 Å². The molecule has 112 valence electrons. The first kappa shape index (κ1) is 14.6. The molecule has 4 rings (SSSR count). The lowest BCUT2D eigenvalue weighted by Gasteiger charge is -1.89. The van der Waals surface area contributed by atoms with Crippen molar-refractivity contribution in [2.45, 2.75) is 6.42 Å². The van der Waals surface area contributed by atoms with E-state index in [2.05, 4.69) is 31.3 Å². The predicted molar refractivity (Wildman–Crippen MR) is 74.5 cm³/mol. The lowest BCUT2D eigenvalue weighted by molar-refractivity contribution is 0.257. The van der Waals surface area contributed by atoms with Gasteiger partial charge in [-0.25, -0.2) is 5.43 Å². The maximum atomic E-state index is 4.90. The summed E-state index contributed by atoms with van der Waals surface area (Å²) in [6.07, 6.45) is 12.8. The Kier molecular flexibility index (Phi) is 6.36. The smallest absolute Gasteiger partial charge is 0.402 e. The average Bonchev–Trinajstić information content (AvgIpc) is 3.30. The molecule has 0 radical (unpaired) electrons. The molecular weight excluding hydrogens is 276 g/mol. The van der Waals surface area contributed by atoms with Crippen LogP contribution in [0.2, 0.25) is 0 Å². The number of hydrazine groups is 1. The average molecular weight is 292 g/mol. The summed E-state index contributed by atoms with van der Waals surface area (Å²) >= 11 is 0. The van der Waals surface area contributed by atoms with Gasteiger partial charge in [0, 0.05) is 31.9 Å². The number of ether oxygens (including phenoxy) is 1. The molecule has 2 aliphatic heterocycles. The first-order valence-electron chi connectivity index (χ1n) is 6.30. The van der Waals surface area contributed by atoms with E-state index in [0.29, 0.717) is 0 Å². The van der Waals surface area contributed by atoms with Gasteiger partial charge in [-0.2, -0.15) is 15.1 Å². The van der Waals surface area contributed by atoms with Gasteiger partial charge in [-0.05, 0) is 0 Å². The van der Waals surface area contributed by atoms with Crippen LogP contribution < -0.4 is 21.0 Å². The topological polar surface area (TPSA) is 110 Å². The molecule has 0 atom stereocenters. The van der Waals surface area contributed by atoms with Crippen LogP contribution in [-0.4, -0.2) is 29.3 Å². The molecule has 0 aliphatic carbocycles. The standard InChI is InChI=1S/C6H4N2O3.2C3H6N2/c1-3-9-5(7-1)11-6-8-2-4-10-6;2*1-2-4-5-3-1/h1-4H;2,5H,1,3H2;1-2,4-5H,3H2. The van der Waals surface area contributed by atoms with Gasteiger partial charge in [-0.3, -0.25) is 0 Å². The van der Waals surface area contributed by atoms with E-state index < -0.39 is 0 Å². The van der Waals surface area contributed by atoms with Crippen molar-refractivity contribution in [3.8, 4) is 12.2 Å². The normalized spacial score (nSPS) is 14.3. The quantitative estimate of drug-likeness (QED) is 0.753. The van der Waals surface area contributed by atoms with E-state index in [4.69, 9.17) is 13.6 Å². The van der Waals surface area contributed by atoms with E-state index in [0.717, 1.165) is 19.5 Å². The zero-order valence-corrected chi connectivity index (χ0v) is 11.2. The van der Waals surface area contributed by atoms with Crippen LogP contribution in [0, 0.1) is 0 Å². The van der Waals surface area contributed by atoms with Crippen LogP contribution in [0.3, 0.4) is 0 Å². The van der Waals surface area contributed by atoms with Crippen molar-refractivity contribution in [3.63, 3.8) is 0 Å². The Labute approximate surface area is 121 Å². The van der Waals surface area contributed by atoms with Crippen LogP contribution >= 0.6 is 0 Å². The van der Waals surface area contributed by atoms with E-state index in [9.17, 15) is 0 Å². The fourth-order valence-corrected chi connectivity index (χ4v) is 1.21. The van der Waals surface area contributed by atoms with E-state index in [1.54, 1.807) is 0 Å². The number of aromatic nitrogens is 2. The monoisotopic (exact) mass is 292 g/mol. The highest BCUT2D eigenvalue weighted by Gasteiger charge is 2.03. The molecule has 4 heterocycles. The molecule has 0 amide bonds. The Bertz CT molecular complexity index is 463. The van der Waals surface area contributed by atoms with Gasteiger partial charge in [0.25, 0.3) is 0 Å². The molecule has 2 aromatic rings. The molecule has 3 N–H and O–H groups in total. The van der Waals surface area contributed by atoms with Gasteiger partial charge in [0.2, 0.25) is 0 Å². The largest absolute Gasteiger partial charge is 0.417 e. The number of oxazole rings is 2. The molecular formula is C12H16N6O3. The van der Waals surface area contributed by atoms with Gasteiger partial charge < -0.3 is 24.4 Å². The van der Waals surface area contributed by atoms with Crippen molar-refractivity contribution < 1.29 is 13.6 Å². The minimum Gasteiger partial charge on any atom is -0.417 e. The van der Waals surface area contributed by atoms with E-state index in [1.807, 2.05) is 18.5 Å². The van der Waals surface area contributed by atoms with Crippen LogP contribution in [0.4, 0.5) is 0 Å². The number of hydrazone groups is 1. The molecule has 21 heavy (non-hydrogen) atoms. The van der Waals surface area contributed by atoms with Crippen molar-refractivity contribution in [2.24, 2.45) is 5.10 Å². The lowest BCUT2D eigenvalue weighted by Crippen LogP contribution is -2.19. The summed E-state index contributed by atoms with van der Waals surface area (Å²) in [6, 6.07) is 0. The molecule has 0 saturated carbocycles. The molecule has 0 bridgehead atoms. The van der Waals surface area contributed by atoms with Crippen LogP contribution in [0.1, 0.15) is 6.42 Å². The lowest BCUT2D eigenvalue weighted by atomic mass is 10.5. The fraction of sp³-hybridized carbons (Fsp3) is 0.250. The second kappa shape index (κ2) is 9.15. The van der Waals surface area contributed by atoms with Gasteiger partial charge in [0.15, 0.2) is 0 Å². The Hall–Kier alpha value is -2.81. The number of hydrogen-bond donors (Lipinski definition) is 3. The number of hydrogen-bond acceptors (Lipinski definition) is 9. The first-order chi connectivity index (χ1) is 10.4. The van der Waals surface area contributed by atoms with Crippen molar-refractivity contribution in [3.05, 3.63) is 37.2 Å². The zero-order valence-electron chi connectivity index (χ0n) is 11.2. The summed E-state index contributed by atoms with van der Waals surface area (Å²) in [5, 5.41) is 3.71. The predicted octanol–water partition coefficient (Wildman–Crippen LogP) is 1.03. The summed E-state index contributed by atoms with van der Waals surface area (Å²) in [7, 11) is 0. The summed E-state index contributed by atoms with van der Waals surface area (Å²) < 4.78 is 14.4. The second-order valence-corrected chi connectivity index (χ2v) is 3.63. The maximum absolute atomic E-state index is 4.90. The third-order valence-electron chi connectivity index (χ3n) is 2.08. The number of nitrogens with zero attached hydrogens (tertiary/aromatic N) is 3. The Morgan fingerprint density at radius 2 is 1.86 bits per heavy atom. The highest BCUT2D eigenvalue weighted by Crippen LogP contribution is 2.15. The van der Waals surface area contributed by atoms with Crippen molar-refractivity contribution in [1.29, 1.82) is 0 Å². The van der Waals surface area contributed by atoms with Crippen molar-refractivity contribution >= 4 is 6.21 Å². The summed E-state index contributed by atoms with van der Waals surface area (Å²) in [5.41, 5.74) is 8.44. The molecule has 0 saturated heterocycles. The number of rotatable bonds is 2. The van der Waals surface area contributed by atoms with Crippen molar-refractivity contribution in [1.82, 2.24) is 26.2 Å². The van der Waals surface area contributed by atoms with Gasteiger partial charge in [-0.15, -0.1) is 0 Å². The van der Waals surface area contributed by atoms with Gasteiger partial charge in [0.05, 0.1) is 12.4 Å². The maximum Gasteiger partial charge on any atom is 0.402 e. The molecule has 0 aromatic carbocycles. The fourth-order valence-electron chi connectivity index (χ4n) is 1.21. The first-order valence-corrected chi connectivity index (χ1v) is 6.30. The summed E-state index contributed by atoms with van der Waals surface area (Å²) in [4.78, 5) is 7.40. The minimum atomic E-state index is 0.118. The Balaban J connectivity index is 0.000000134. The SMILES string of the molecule is C1=CNNC1.C1=NNCC1.c1coc(Oc2ncco2)n1. The summed E-state index contributed by atoms with van der Waals surface area (Å²) in [5.74, 6) is 0. The summed E-state index contributed by atoms with van der Waals surface area (Å²) in [6.45, 7) is 1.99. The van der Waals surface area contributed by atoms with Crippen LogP contribution in [0.15, 0.2) is 51.1 Å². The molecule has 0 unspecified atom stereocenters. The Morgan fingerprint density at radius 1 is 1.10 bits per heavy atom. The molecule has 2 aromatic heterocycles. The Morgan fingerprint density at radius 3 is 2.14 bits per heavy atom. The minimum absolute atomic E-state index is 0.118. The second-order valence-electron chi connectivity index (χ2n) is 3.63. The van der Waals surface area contributed by atoms with Crippen LogP contribution in [-0.2, 0) is 0 Å². The third-order valence-corrected chi connectivity index (χ3v) is 2.08. The van der Waals surface area contributed by atoms with Gasteiger partial charge in [-0.1, -0.05) is 6.08 Å². The van der Waals surface area contributed by atoms with Gasteiger partial charge in [0.1, 0.15) is 12.5 Å². The molecule has 0 spiro atoms. The number of nitrogens with one attached hydrogen (secondary N) is 3. The molecule has 9 heteroatoms. The van der Waals surface area contributed by atoms with Gasteiger partial charge >= 0.3 is 12.2 Å². The van der Waals surface area contributed by atoms with E-state index in [-0.39, 0.29) is 12.2 Å². The molecule has 2 aliphatic rings. The molecule has 9 nitrogen and oxygen atoms in total. The highest BCUT2D eigenvalue weighted by atomic mass is 16.7. The van der Waals surface area contributed by atoms with Crippen molar-refractivity contribution in [2.75, 3.05) is 13.1 Å². The third kappa shape index (κ3) is 6.25. The highest BCUT2D eigenvalue weighted by molar-refractivity contribution is 5.58. The van der Waals surface area contributed by atoms with E-state index >= 15 is 0 Å². The molecule has 0 fully saturated rings. The zero-order chi connectivity index (χ0) is 14.6. The van der Waals surface area contributed by atoms with E-state index in [1.165, 1.54) is 24.9 Å². The van der Waals surface area contributed by atoms with Crippen LogP contribution in [0.25, 0.3) is 0 Å².